The van der Waals surface area contributed by atoms with Gasteiger partial charge in [-0.2, -0.15) is 4.58 Å². The highest BCUT2D eigenvalue weighted by Gasteiger charge is 2.45. The molecular weight excluding hydrogens is 769 g/mol. The zero-order valence-electron chi connectivity index (χ0n) is 34.1. The van der Waals surface area contributed by atoms with Gasteiger partial charge in [-0.3, -0.25) is 0 Å². The van der Waals surface area contributed by atoms with Gasteiger partial charge in [0.2, 0.25) is 5.69 Å². The maximum absolute atomic E-state index is 11.4. The van der Waals surface area contributed by atoms with E-state index < -0.39 is 20.2 Å². The molecule has 0 radical (unpaired) electrons. The van der Waals surface area contributed by atoms with Crippen molar-refractivity contribution in [3.8, 4) is 0 Å². The van der Waals surface area contributed by atoms with Crippen LogP contribution in [-0.2, 0) is 35.8 Å². The van der Waals surface area contributed by atoms with E-state index in [0.29, 0.717) is 38.8 Å². The third kappa shape index (κ3) is 8.32. The molecule has 1 aliphatic carbocycles. The number of ether oxygens (including phenoxy) is 1. The van der Waals surface area contributed by atoms with Crippen molar-refractivity contribution >= 4 is 58.9 Å². The number of benzene rings is 4. The smallest absolute Gasteiger partial charge is 0.210 e. The van der Waals surface area contributed by atoms with Crippen LogP contribution >= 0.6 is 0 Å². The molecule has 0 aromatic heterocycles. The van der Waals surface area contributed by atoms with Crippen molar-refractivity contribution in [3.63, 3.8) is 0 Å². The quantitative estimate of drug-likeness (QED) is 0.0700. The number of hydrogen-bond acceptors (Lipinski definition) is 8. The van der Waals surface area contributed by atoms with E-state index in [1.807, 2.05) is 12.1 Å². The number of unbranched alkanes of at least 4 members (excludes halogenated alkanes) is 2. The molecule has 0 N–H and O–H groups in total. The largest absolute Gasteiger partial charge is 0.748 e. The molecule has 3 aliphatic rings. The first-order chi connectivity index (χ1) is 27.5. The van der Waals surface area contributed by atoms with Crippen LogP contribution in [0, 0.1) is 0 Å². The van der Waals surface area contributed by atoms with E-state index in [0.717, 1.165) is 69.7 Å². The Morgan fingerprint density at radius 1 is 0.724 bits per heavy atom. The maximum atomic E-state index is 11.4. The van der Waals surface area contributed by atoms with Crippen molar-refractivity contribution in [2.75, 3.05) is 36.6 Å². The van der Waals surface area contributed by atoms with E-state index in [9.17, 15) is 25.9 Å². The van der Waals surface area contributed by atoms with Gasteiger partial charge in [0.05, 0.1) is 32.8 Å². The van der Waals surface area contributed by atoms with E-state index in [1.54, 1.807) is 7.11 Å². The molecule has 4 aromatic carbocycles. The molecule has 0 fully saturated rings. The van der Waals surface area contributed by atoms with Gasteiger partial charge >= 0.3 is 0 Å². The Morgan fingerprint density at radius 2 is 1.34 bits per heavy atom. The zero-order valence-corrected chi connectivity index (χ0v) is 35.7. The predicted molar refractivity (Wildman–Crippen MR) is 232 cm³/mol. The molecule has 4 aromatic rings. The number of methoxy groups -OCH3 is 1. The van der Waals surface area contributed by atoms with Gasteiger partial charge in [0.25, 0.3) is 0 Å². The number of rotatable bonds is 14. The summed E-state index contributed by atoms with van der Waals surface area (Å²) in [6, 6.07) is 25.4. The number of anilines is 1. The fourth-order valence-electron chi connectivity index (χ4n) is 9.49. The number of fused-ring (bicyclic) bond motifs is 6. The van der Waals surface area contributed by atoms with Gasteiger partial charge in [-0.25, -0.2) is 16.8 Å². The van der Waals surface area contributed by atoms with E-state index in [-0.39, 0.29) is 22.3 Å². The number of hydrogen-bond donors (Lipinski definition) is 0. The Balaban J connectivity index is 1.26. The molecule has 7 rings (SSSR count). The summed E-state index contributed by atoms with van der Waals surface area (Å²) in [5, 5.41) is 4.69. The average molecular weight is 822 g/mol. The van der Waals surface area contributed by atoms with Gasteiger partial charge in [0.1, 0.15) is 12.3 Å². The van der Waals surface area contributed by atoms with Crippen LogP contribution in [-0.4, -0.2) is 67.9 Å². The molecule has 0 unspecified atom stereocenters. The predicted octanol–water partition coefficient (Wildman–Crippen LogP) is 9.27. The standard InChI is InChI=1S/C47H54N2O7S2/c1-46(2)41(48(29-10-12-31-57(50,51)52)39-25-21-33-15-6-8-19-37(33)43(39)46)27-23-35-17-14-18-36(45(35)56-5)24-28-42-47(3,4)44-38-20-9-7-16-34(38)22-26-40(44)49(42)30-11-13-32-58(53,54)55/h6-9,15-16,19-28H,10-14,17-18,29-32H2,1-5H3,(H-,50,51,52,53,54,55)/p-1. The summed E-state index contributed by atoms with van der Waals surface area (Å²) in [7, 11) is -6.86. The Morgan fingerprint density at radius 3 is 2.00 bits per heavy atom. The SMILES string of the molecule is COC1=C(/C=C/C2=[N+](CCCCS(=O)(=O)[O-])c3ccc4ccccc4c3C2(C)C)CCC/C1=C\C=C1\N(CCCCS(=O)(=O)[O-])c2ccc3ccccc3c2C1(C)C. The second-order valence-corrected chi connectivity index (χ2v) is 19.8. The lowest BCUT2D eigenvalue weighted by Crippen LogP contribution is -2.28. The summed E-state index contributed by atoms with van der Waals surface area (Å²) in [5.74, 6) is 0.0918. The molecule has 2 heterocycles. The average Bonchev–Trinajstić information content (AvgIpc) is 3.53. The van der Waals surface area contributed by atoms with Gasteiger partial charge < -0.3 is 18.7 Å². The lowest BCUT2D eigenvalue weighted by Gasteiger charge is -2.27. The molecule has 0 bridgehead atoms. The van der Waals surface area contributed by atoms with Crippen LogP contribution in [0.4, 0.5) is 11.4 Å². The maximum Gasteiger partial charge on any atom is 0.210 e. The lowest BCUT2D eigenvalue weighted by molar-refractivity contribution is -0.438. The first-order valence-electron chi connectivity index (χ1n) is 20.2. The topological polar surface area (TPSA) is 130 Å². The van der Waals surface area contributed by atoms with Crippen molar-refractivity contribution in [1.82, 2.24) is 0 Å². The summed E-state index contributed by atoms with van der Waals surface area (Å²) in [4.78, 5) is 2.29. The lowest BCUT2D eigenvalue weighted by atomic mass is 9.78. The number of allylic oxidation sites excluding steroid dienone is 7. The minimum absolute atomic E-state index is 0.295. The van der Waals surface area contributed by atoms with Crippen LogP contribution in [0.2, 0.25) is 0 Å². The molecule has 0 amide bonds. The van der Waals surface area contributed by atoms with Gasteiger partial charge in [-0.05, 0) is 115 Å². The van der Waals surface area contributed by atoms with Gasteiger partial charge in [-0.1, -0.05) is 74.5 Å². The van der Waals surface area contributed by atoms with Crippen molar-refractivity contribution in [1.29, 1.82) is 0 Å². The van der Waals surface area contributed by atoms with Crippen LogP contribution < -0.4 is 4.90 Å². The van der Waals surface area contributed by atoms with Crippen molar-refractivity contribution in [3.05, 3.63) is 131 Å². The molecule has 11 heteroatoms. The summed E-state index contributed by atoms with van der Waals surface area (Å²) in [5.41, 5.74) is 8.30. The second kappa shape index (κ2) is 16.2. The third-order valence-corrected chi connectivity index (χ3v) is 13.7. The minimum atomic E-state index is -4.29. The Labute approximate surface area is 343 Å². The van der Waals surface area contributed by atoms with Crippen molar-refractivity contribution in [2.24, 2.45) is 0 Å². The Kier molecular flexibility index (Phi) is 11.7. The summed E-state index contributed by atoms with van der Waals surface area (Å²) < 4.78 is 77.0. The Hall–Kier alpha value is -4.55. The van der Waals surface area contributed by atoms with E-state index in [1.165, 1.54) is 21.9 Å². The van der Waals surface area contributed by atoms with Crippen LogP contribution in [0.5, 0.6) is 0 Å². The van der Waals surface area contributed by atoms with Gasteiger partial charge in [-0.15, -0.1) is 0 Å². The monoisotopic (exact) mass is 821 g/mol. The molecule has 0 spiro atoms. The first kappa shape index (κ1) is 41.6. The Bertz CT molecular complexity index is 2650. The molecular formula is C47H53N2O7S2-. The molecule has 306 valence electrons. The molecule has 58 heavy (non-hydrogen) atoms. The minimum Gasteiger partial charge on any atom is -0.748 e. The highest BCUT2D eigenvalue weighted by molar-refractivity contribution is 7.85. The number of nitrogens with zero attached hydrogens (tertiary/aromatic N) is 2. The molecule has 9 nitrogen and oxygen atoms in total. The van der Waals surface area contributed by atoms with Crippen LogP contribution in [0.3, 0.4) is 0 Å². The first-order valence-corrected chi connectivity index (χ1v) is 23.4. The normalized spacial score (nSPS) is 19.3. The summed E-state index contributed by atoms with van der Waals surface area (Å²) >= 11 is 0. The zero-order chi connectivity index (χ0) is 41.5. The highest BCUT2D eigenvalue weighted by atomic mass is 32.2. The van der Waals surface area contributed by atoms with Gasteiger partial charge in [0, 0.05) is 59.0 Å². The van der Waals surface area contributed by atoms with Crippen LogP contribution in [0.25, 0.3) is 21.5 Å². The van der Waals surface area contributed by atoms with E-state index in [2.05, 4.69) is 122 Å². The van der Waals surface area contributed by atoms with Crippen molar-refractivity contribution < 1.29 is 35.3 Å². The summed E-state index contributed by atoms with van der Waals surface area (Å²) in [6.45, 7) is 10.1. The fourth-order valence-corrected chi connectivity index (χ4v) is 10.6. The van der Waals surface area contributed by atoms with E-state index >= 15 is 0 Å². The van der Waals surface area contributed by atoms with Gasteiger partial charge in [0.15, 0.2) is 5.71 Å². The van der Waals surface area contributed by atoms with Crippen molar-refractivity contribution in [2.45, 2.75) is 83.5 Å². The van der Waals surface area contributed by atoms with Crippen LogP contribution in [0.15, 0.2) is 120 Å². The highest BCUT2D eigenvalue weighted by Crippen LogP contribution is 2.51. The fraction of sp³-hybridized carbons (Fsp3) is 0.383. The molecule has 2 aliphatic heterocycles. The second-order valence-electron chi connectivity index (χ2n) is 16.7. The molecule has 0 atom stereocenters. The third-order valence-electron chi connectivity index (χ3n) is 12.1. The summed E-state index contributed by atoms with van der Waals surface area (Å²) in [6.07, 6.45) is 13.1. The molecule has 0 saturated carbocycles. The van der Waals surface area contributed by atoms with E-state index in [4.69, 9.17) is 4.74 Å². The van der Waals surface area contributed by atoms with Crippen LogP contribution in [0.1, 0.15) is 83.8 Å². The molecule has 0 saturated heterocycles.